The van der Waals surface area contributed by atoms with Crippen LogP contribution in [0.3, 0.4) is 0 Å². The SMILES string of the molecule is COC(=O)c1cc(OCC(=O)Nc2ccccc2C(F)(F)F)c2cc(F)ccc2n1. The summed E-state index contributed by atoms with van der Waals surface area (Å²) in [6.45, 7) is -0.692. The Morgan fingerprint density at radius 1 is 1.10 bits per heavy atom. The highest BCUT2D eigenvalue weighted by atomic mass is 19.4. The molecule has 0 fully saturated rings. The first-order valence-corrected chi connectivity index (χ1v) is 8.46. The van der Waals surface area contributed by atoms with Gasteiger partial charge in [0, 0.05) is 11.5 Å². The quantitative estimate of drug-likeness (QED) is 0.493. The predicted molar refractivity (Wildman–Crippen MR) is 98.6 cm³/mol. The molecule has 0 saturated heterocycles. The summed E-state index contributed by atoms with van der Waals surface area (Å²) in [7, 11) is 1.14. The number of esters is 1. The topological polar surface area (TPSA) is 77.5 Å². The summed E-state index contributed by atoms with van der Waals surface area (Å²) in [6.07, 6.45) is -4.65. The van der Waals surface area contributed by atoms with E-state index in [2.05, 4.69) is 15.0 Å². The lowest BCUT2D eigenvalue weighted by molar-refractivity contribution is -0.137. The van der Waals surface area contributed by atoms with Gasteiger partial charge in [-0.1, -0.05) is 12.1 Å². The lowest BCUT2D eigenvalue weighted by Gasteiger charge is -2.14. The number of fused-ring (bicyclic) bond motifs is 1. The number of para-hydroxylation sites is 1. The van der Waals surface area contributed by atoms with Crippen molar-refractivity contribution in [1.82, 2.24) is 4.98 Å². The molecule has 6 nitrogen and oxygen atoms in total. The first-order chi connectivity index (χ1) is 14.2. The number of rotatable bonds is 5. The number of anilines is 1. The highest BCUT2D eigenvalue weighted by molar-refractivity contribution is 5.95. The summed E-state index contributed by atoms with van der Waals surface area (Å²) >= 11 is 0. The van der Waals surface area contributed by atoms with Crippen LogP contribution in [0.15, 0.2) is 48.5 Å². The summed E-state index contributed by atoms with van der Waals surface area (Å²) in [5.41, 5.74) is -1.38. The van der Waals surface area contributed by atoms with Gasteiger partial charge in [0.2, 0.25) is 0 Å². The molecule has 3 aromatic rings. The predicted octanol–water partition coefficient (Wildman–Crippen LogP) is 4.20. The Hall–Kier alpha value is -3.69. The molecule has 0 saturated carbocycles. The standard InChI is InChI=1S/C20H14F4N2O4/c1-29-19(28)16-9-17(12-8-11(21)6-7-14(12)25-16)30-10-18(27)26-15-5-3-2-4-13(15)20(22,23)24/h2-9H,10H2,1H3,(H,26,27). The summed E-state index contributed by atoms with van der Waals surface area (Å²) < 4.78 is 62.7. The zero-order valence-corrected chi connectivity index (χ0v) is 15.4. The second kappa shape index (κ2) is 8.36. The molecule has 0 aliphatic rings. The molecular weight excluding hydrogens is 408 g/mol. The number of aromatic nitrogens is 1. The van der Waals surface area contributed by atoms with Crippen LogP contribution in [0, 0.1) is 5.82 Å². The highest BCUT2D eigenvalue weighted by Crippen LogP contribution is 2.34. The van der Waals surface area contributed by atoms with E-state index in [1.807, 2.05) is 0 Å². The Balaban J connectivity index is 1.84. The maximum absolute atomic E-state index is 13.6. The van der Waals surface area contributed by atoms with Gasteiger partial charge in [0.1, 0.15) is 11.6 Å². The van der Waals surface area contributed by atoms with Crippen LogP contribution in [-0.2, 0) is 15.7 Å². The summed E-state index contributed by atoms with van der Waals surface area (Å²) in [5, 5.41) is 2.30. The van der Waals surface area contributed by atoms with Gasteiger partial charge in [0.05, 0.1) is 23.9 Å². The summed E-state index contributed by atoms with van der Waals surface area (Å²) in [6, 6.07) is 9.16. The van der Waals surface area contributed by atoms with Crippen molar-refractivity contribution in [1.29, 1.82) is 0 Å². The van der Waals surface area contributed by atoms with E-state index in [-0.39, 0.29) is 22.3 Å². The Morgan fingerprint density at radius 3 is 2.53 bits per heavy atom. The molecule has 1 amide bonds. The molecule has 0 spiro atoms. The largest absolute Gasteiger partial charge is 0.483 e. The minimum Gasteiger partial charge on any atom is -0.483 e. The molecule has 0 atom stereocenters. The van der Waals surface area contributed by atoms with Crippen molar-refractivity contribution in [3.63, 3.8) is 0 Å². The maximum atomic E-state index is 13.6. The first-order valence-electron chi connectivity index (χ1n) is 8.46. The average Bonchev–Trinajstić information content (AvgIpc) is 2.71. The van der Waals surface area contributed by atoms with Crippen LogP contribution >= 0.6 is 0 Å². The summed E-state index contributed by atoms with van der Waals surface area (Å²) in [5.74, 6) is -2.33. The smallest absolute Gasteiger partial charge is 0.418 e. The Bertz CT molecular complexity index is 1120. The molecule has 0 radical (unpaired) electrons. The van der Waals surface area contributed by atoms with Crippen LogP contribution < -0.4 is 10.1 Å². The van der Waals surface area contributed by atoms with Crippen LogP contribution in [0.25, 0.3) is 10.9 Å². The number of benzene rings is 2. The van der Waals surface area contributed by atoms with Crippen LogP contribution in [0.4, 0.5) is 23.2 Å². The minimum atomic E-state index is -4.65. The van der Waals surface area contributed by atoms with Crippen LogP contribution in [-0.4, -0.2) is 30.6 Å². The van der Waals surface area contributed by atoms with Gasteiger partial charge < -0.3 is 14.8 Å². The number of alkyl halides is 3. The van der Waals surface area contributed by atoms with Gasteiger partial charge >= 0.3 is 12.1 Å². The number of hydrogen-bond acceptors (Lipinski definition) is 5. The fraction of sp³-hybridized carbons (Fsp3) is 0.150. The number of pyridine rings is 1. The van der Waals surface area contributed by atoms with Gasteiger partial charge in [-0.05, 0) is 30.3 Å². The molecule has 156 valence electrons. The number of nitrogens with one attached hydrogen (secondary N) is 1. The third-order valence-corrected chi connectivity index (χ3v) is 3.99. The number of halogens is 4. The van der Waals surface area contributed by atoms with Gasteiger partial charge in [0.25, 0.3) is 5.91 Å². The Kier molecular flexibility index (Phi) is 5.86. The van der Waals surface area contributed by atoms with Crippen LogP contribution in [0.2, 0.25) is 0 Å². The molecular formula is C20H14F4N2O4. The van der Waals surface area contributed by atoms with E-state index >= 15 is 0 Å². The first kappa shape index (κ1) is 21.0. The van der Waals surface area contributed by atoms with Gasteiger partial charge in [0.15, 0.2) is 12.3 Å². The third kappa shape index (κ3) is 4.65. The number of nitrogens with zero attached hydrogens (tertiary/aromatic N) is 1. The van der Waals surface area contributed by atoms with E-state index in [4.69, 9.17) is 4.74 Å². The van der Waals surface area contributed by atoms with Crippen LogP contribution in [0.1, 0.15) is 16.1 Å². The van der Waals surface area contributed by atoms with E-state index in [1.165, 1.54) is 18.2 Å². The number of ether oxygens (including phenoxy) is 2. The molecule has 0 aliphatic carbocycles. The van der Waals surface area contributed by atoms with Crippen molar-refractivity contribution >= 4 is 28.5 Å². The molecule has 3 rings (SSSR count). The molecule has 1 N–H and O–H groups in total. The van der Waals surface area contributed by atoms with E-state index in [0.29, 0.717) is 0 Å². The summed E-state index contributed by atoms with van der Waals surface area (Å²) in [4.78, 5) is 28.0. The molecule has 10 heteroatoms. The molecule has 30 heavy (non-hydrogen) atoms. The van der Waals surface area contributed by atoms with Crippen molar-refractivity contribution in [2.24, 2.45) is 0 Å². The van der Waals surface area contributed by atoms with E-state index < -0.39 is 41.7 Å². The molecule has 0 unspecified atom stereocenters. The molecule has 0 bridgehead atoms. The van der Waals surface area contributed by atoms with Crippen molar-refractivity contribution in [3.05, 3.63) is 65.6 Å². The fourth-order valence-electron chi connectivity index (χ4n) is 2.66. The lowest BCUT2D eigenvalue weighted by Crippen LogP contribution is -2.22. The molecule has 1 heterocycles. The van der Waals surface area contributed by atoms with E-state index in [0.717, 1.165) is 37.4 Å². The van der Waals surface area contributed by atoms with Crippen molar-refractivity contribution in [2.45, 2.75) is 6.18 Å². The van der Waals surface area contributed by atoms with Gasteiger partial charge in [-0.3, -0.25) is 4.79 Å². The molecule has 0 aliphatic heterocycles. The minimum absolute atomic E-state index is 0.0563. The van der Waals surface area contributed by atoms with Crippen LogP contribution in [0.5, 0.6) is 5.75 Å². The second-order valence-corrected chi connectivity index (χ2v) is 6.04. The highest BCUT2D eigenvalue weighted by Gasteiger charge is 2.33. The number of carbonyl (C=O) groups is 2. The average molecular weight is 422 g/mol. The van der Waals surface area contributed by atoms with Crippen molar-refractivity contribution < 1.29 is 36.6 Å². The van der Waals surface area contributed by atoms with E-state index in [1.54, 1.807) is 0 Å². The lowest BCUT2D eigenvalue weighted by atomic mass is 10.1. The normalized spacial score (nSPS) is 11.2. The third-order valence-electron chi connectivity index (χ3n) is 3.99. The molecule has 2 aromatic carbocycles. The number of methoxy groups -OCH3 is 1. The van der Waals surface area contributed by atoms with Gasteiger partial charge in [-0.25, -0.2) is 14.2 Å². The zero-order valence-electron chi connectivity index (χ0n) is 15.4. The van der Waals surface area contributed by atoms with Gasteiger partial charge in [-0.15, -0.1) is 0 Å². The number of carbonyl (C=O) groups excluding carboxylic acids is 2. The number of hydrogen-bond donors (Lipinski definition) is 1. The number of amides is 1. The van der Waals surface area contributed by atoms with Crippen molar-refractivity contribution in [3.8, 4) is 5.75 Å². The second-order valence-electron chi connectivity index (χ2n) is 6.04. The Labute approximate surface area is 167 Å². The monoisotopic (exact) mass is 422 g/mol. The molecule has 1 aromatic heterocycles. The van der Waals surface area contributed by atoms with Crippen molar-refractivity contribution in [2.75, 3.05) is 19.0 Å². The van der Waals surface area contributed by atoms with Gasteiger partial charge in [-0.2, -0.15) is 13.2 Å². The maximum Gasteiger partial charge on any atom is 0.418 e. The van der Waals surface area contributed by atoms with E-state index in [9.17, 15) is 27.2 Å². The zero-order chi connectivity index (χ0) is 21.9. The Morgan fingerprint density at radius 2 is 1.83 bits per heavy atom. The fourth-order valence-corrected chi connectivity index (χ4v) is 2.66.